The second-order valence-electron chi connectivity index (χ2n) is 4.33. The van der Waals surface area contributed by atoms with Crippen molar-refractivity contribution in [1.82, 2.24) is 9.88 Å². The monoisotopic (exact) mass is 302 g/mol. The molecule has 0 radical (unpaired) electrons. The lowest BCUT2D eigenvalue weighted by Crippen LogP contribution is -2.47. The highest BCUT2D eigenvalue weighted by Gasteiger charge is 2.30. The van der Waals surface area contributed by atoms with Crippen LogP contribution in [0.15, 0.2) is 9.30 Å². The average Bonchev–Trinajstić information content (AvgIpc) is 2.64. The van der Waals surface area contributed by atoms with Gasteiger partial charge in [0.15, 0.2) is 3.92 Å². The van der Waals surface area contributed by atoms with Crippen LogP contribution < -0.4 is 0 Å². The smallest absolute Gasteiger partial charge is 0.273 e. The van der Waals surface area contributed by atoms with Gasteiger partial charge in [0, 0.05) is 17.5 Å². The molecule has 1 aliphatic rings. The Bertz CT molecular complexity index is 383. The van der Waals surface area contributed by atoms with Crippen molar-refractivity contribution in [2.75, 3.05) is 0 Å². The zero-order valence-corrected chi connectivity index (χ0v) is 11.8. The van der Waals surface area contributed by atoms with Crippen molar-refractivity contribution >= 4 is 33.2 Å². The van der Waals surface area contributed by atoms with Crippen LogP contribution in [0.25, 0.3) is 0 Å². The lowest BCUT2D eigenvalue weighted by atomic mass is 9.97. The fourth-order valence-corrected chi connectivity index (χ4v) is 3.29. The van der Waals surface area contributed by atoms with Crippen molar-refractivity contribution in [2.24, 2.45) is 0 Å². The van der Waals surface area contributed by atoms with Crippen LogP contribution in [0.3, 0.4) is 0 Å². The van der Waals surface area contributed by atoms with E-state index >= 15 is 0 Å². The molecule has 5 heteroatoms. The van der Waals surface area contributed by atoms with E-state index in [-0.39, 0.29) is 5.91 Å². The van der Waals surface area contributed by atoms with Crippen LogP contribution in [-0.4, -0.2) is 27.9 Å². The van der Waals surface area contributed by atoms with Gasteiger partial charge in [-0.15, -0.1) is 11.3 Å². The molecule has 0 spiro atoms. The first-order valence-electron chi connectivity index (χ1n) is 5.53. The molecule has 1 aliphatic heterocycles. The Kier molecular flexibility index (Phi) is 3.64. The van der Waals surface area contributed by atoms with Crippen LogP contribution in [0.5, 0.6) is 0 Å². The molecule has 88 valence electrons. The number of piperidine rings is 1. The third kappa shape index (κ3) is 2.30. The zero-order chi connectivity index (χ0) is 11.7. The Morgan fingerprint density at radius 1 is 1.50 bits per heavy atom. The number of aromatic nitrogens is 1. The van der Waals surface area contributed by atoms with Gasteiger partial charge in [0.2, 0.25) is 0 Å². The van der Waals surface area contributed by atoms with E-state index in [1.807, 2.05) is 10.3 Å². The number of likely N-dealkylation sites (tertiary alicyclic amines) is 1. The molecule has 2 rings (SSSR count). The topological polar surface area (TPSA) is 33.2 Å². The maximum Gasteiger partial charge on any atom is 0.273 e. The minimum absolute atomic E-state index is 0.0710. The van der Waals surface area contributed by atoms with E-state index in [2.05, 4.69) is 34.8 Å². The van der Waals surface area contributed by atoms with E-state index in [1.54, 1.807) is 0 Å². The number of halogens is 1. The molecule has 3 nitrogen and oxygen atoms in total. The van der Waals surface area contributed by atoms with E-state index < -0.39 is 0 Å². The van der Waals surface area contributed by atoms with Gasteiger partial charge < -0.3 is 4.90 Å². The number of nitrogens with zero attached hydrogens (tertiary/aromatic N) is 2. The van der Waals surface area contributed by atoms with Crippen LogP contribution in [0.2, 0.25) is 0 Å². The standard InChI is InChI=1S/C11H15BrN2OS/c1-7-4-3-5-8(2)14(7)10(15)9-6-16-11(12)13-9/h6-8H,3-5H2,1-2H3. The molecule has 0 bridgehead atoms. The van der Waals surface area contributed by atoms with Crippen LogP contribution in [-0.2, 0) is 0 Å². The fraction of sp³-hybridized carbons (Fsp3) is 0.636. The Morgan fingerprint density at radius 3 is 2.62 bits per heavy atom. The first-order chi connectivity index (χ1) is 7.59. The van der Waals surface area contributed by atoms with Crippen LogP contribution in [0, 0.1) is 0 Å². The predicted octanol–water partition coefficient (Wildman–Crippen LogP) is 3.31. The molecule has 0 aliphatic carbocycles. The minimum Gasteiger partial charge on any atom is -0.332 e. The van der Waals surface area contributed by atoms with Gasteiger partial charge in [-0.05, 0) is 49.0 Å². The summed E-state index contributed by atoms with van der Waals surface area (Å²) >= 11 is 4.75. The van der Waals surface area contributed by atoms with Gasteiger partial charge in [-0.2, -0.15) is 0 Å². The Balaban J connectivity index is 2.19. The number of thiazole rings is 1. The Morgan fingerprint density at radius 2 is 2.12 bits per heavy atom. The third-order valence-electron chi connectivity index (χ3n) is 3.12. The third-order valence-corrected chi connectivity index (χ3v) is 4.49. The molecule has 1 fully saturated rings. The zero-order valence-electron chi connectivity index (χ0n) is 9.44. The van der Waals surface area contributed by atoms with E-state index in [0.717, 1.165) is 16.8 Å². The molecule has 1 saturated heterocycles. The molecule has 0 aromatic carbocycles. The van der Waals surface area contributed by atoms with Crippen molar-refractivity contribution in [2.45, 2.75) is 45.2 Å². The molecular weight excluding hydrogens is 288 g/mol. The van der Waals surface area contributed by atoms with E-state index in [9.17, 15) is 4.79 Å². The second kappa shape index (κ2) is 4.84. The van der Waals surface area contributed by atoms with E-state index in [4.69, 9.17) is 0 Å². The fourth-order valence-electron chi connectivity index (χ4n) is 2.30. The van der Waals surface area contributed by atoms with Gasteiger partial charge in [-0.25, -0.2) is 4.98 Å². The molecule has 0 saturated carbocycles. The molecule has 16 heavy (non-hydrogen) atoms. The van der Waals surface area contributed by atoms with E-state index in [0.29, 0.717) is 17.8 Å². The maximum atomic E-state index is 12.3. The summed E-state index contributed by atoms with van der Waals surface area (Å²) in [5.74, 6) is 0.0710. The first-order valence-corrected chi connectivity index (χ1v) is 7.20. The van der Waals surface area contributed by atoms with Crippen molar-refractivity contribution in [3.05, 3.63) is 15.0 Å². The first kappa shape index (κ1) is 12.0. The van der Waals surface area contributed by atoms with Crippen molar-refractivity contribution in [1.29, 1.82) is 0 Å². The molecule has 2 atom stereocenters. The summed E-state index contributed by atoms with van der Waals surface area (Å²) < 4.78 is 0.771. The molecule has 1 aromatic rings. The number of hydrogen-bond donors (Lipinski definition) is 0. The highest BCUT2D eigenvalue weighted by Crippen LogP contribution is 2.25. The number of carbonyl (C=O) groups is 1. The van der Waals surface area contributed by atoms with Gasteiger partial charge in [0.1, 0.15) is 5.69 Å². The van der Waals surface area contributed by atoms with Gasteiger partial charge in [0.25, 0.3) is 5.91 Å². The number of amides is 1. The quantitative estimate of drug-likeness (QED) is 0.797. The van der Waals surface area contributed by atoms with Crippen LogP contribution in [0.1, 0.15) is 43.6 Å². The summed E-state index contributed by atoms with van der Waals surface area (Å²) in [6, 6.07) is 0.661. The molecular formula is C11H15BrN2OS. The van der Waals surface area contributed by atoms with Crippen molar-refractivity contribution in [3.63, 3.8) is 0 Å². The summed E-state index contributed by atoms with van der Waals surface area (Å²) in [4.78, 5) is 18.5. The molecule has 2 heterocycles. The SMILES string of the molecule is CC1CCCC(C)N1C(=O)c1csc(Br)n1. The van der Waals surface area contributed by atoms with Crippen molar-refractivity contribution < 1.29 is 4.79 Å². The lowest BCUT2D eigenvalue weighted by molar-refractivity contribution is 0.0505. The van der Waals surface area contributed by atoms with Crippen LogP contribution in [0.4, 0.5) is 0 Å². The normalized spacial score (nSPS) is 25.8. The number of rotatable bonds is 1. The minimum atomic E-state index is 0.0710. The lowest BCUT2D eigenvalue weighted by Gasteiger charge is -2.38. The molecule has 2 unspecified atom stereocenters. The Labute approximate surface area is 108 Å². The maximum absolute atomic E-state index is 12.3. The van der Waals surface area contributed by atoms with Gasteiger partial charge >= 0.3 is 0 Å². The summed E-state index contributed by atoms with van der Waals surface area (Å²) in [7, 11) is 0. The predicted molar refractivity (Wildman–Crippen MR) is 68.8 cm³/mol. The average molecular weight is 303 g/mol. The summed E-state index contributed by atoms with van der Waals surface area (Å²) in [5, 5.41) is 1.82. The highest BCUT2D eigenvalue weighted by atomic mass is 79.9. The van der Waals surface area contributed by atoms with Gasteiger partial charge in [0.05, 0.1) is 0 Å². The number of hydrogen-bond acceptors (Lipinski definition) is 3. The van der Waals surface area contributed by atoms with E-state index in [1.165, 1.54) is 17.8 Å². The van der Waals surface area contributed by atoms with Crippen molar-refractivity contribution in [3.8, 4) is 0 Å². The van der Waals surface area contributed by atoms with Gasteiger partial charge in [-0.1, -0.05) is 0 Å². The highest BCUT2D eigenvalue weighted by molar-refractivity contribution is 9.11. The molecule has 1 amide bonds. The Hall–Kier alpha value is -0.420. The second-order valence-corrected chi connectivity index (χ2v) is 6.46. The largest absolute Gasteiger partial charge is 0.332 e. The summed E-state index contributed by atoms with van der Waals surface area (Å²) in [6.07, 6.45) is 3.41. The summed E-state index contributed by atoms with van der Waals surface area (Å²) in [5.41, 5.74) is 0.567. The summed E-state index contributed by atoms with van der Waals surface area (Å²) in [6.45, 7) is 4.24. The van der Waals surface area contributed by atoms with Gasteiger partial charge in [-0.3, -0.25) is 4.79 Å². The molecule has 0 N–H and O–H groups in total. The number of carbonyl (C=O) groups excluding carboxylic acids is 1. The van der Waals surface area contributed by atoms with Crippen LogP contribution >= 0.6 is 27.3 Å². The molecule has 1 aromatic heterocycles.